The van der Waals surface area contributed by atoms with Crippen LogP contribution in [0.4, 0.5) is 5.69 Å². The molecule has 1 amide bonds. The summed E-state index contributed by atoms with van der Waals surface area (Å²) in [6.07, 6.45) is 0. The molecular weight excluding hydrogens is 458 g/mol. The monoisotopic (exact) mass is 487 g/mol. The standard InChI is InChI=1S/C24H29N3O4S2/c1-6-27(7-2)33(29,30)20-12-16(3)17(4)22(13-20)26-24(28)21-10-8-9-11-23(21)31-14-19-15-32-18(5)25-19/h8-13,15H,6-7,14H2,1-5H3,(H,26,28). The normalized spacial score (nSPS) is 11.6. The average Bonchev–Trinajstić information content (AvgIpc) is 3.21. The number of benzene rings is 2. The molecule has 1 aromatic heterocycles. The highest BCUT2D eigenvalue weighted by molar-refractivity contribution is 7.89. The number of sulfonamides is 1. The minimum absolute atomic E-state index is 0.160. The highest BCUT2D eigenvalue weighted by atomic mass is 32.2. The van der Waals surface area contributed by atoms with Crippen molar-refractivity contribution >= 4 is 33.0 Å². The van der Waals surface area contributed by atoms with Gasteiger partial charge in [-0.1, -0.05) is 26.0 Å². The van der Waals surface area contributed by atoms with Gasteiger partial charge in [0.15, 0.2) is 0 Å². The Morgan fingerprint density at radius 3 is 2.45 bits per heavy atom. The molecule has 0 atom stereocenters. The van der Waals surface area contributed by atoms with E-state index in [0.717, 1.165) is 21.8 Å². The van der Waals surface area contributed by atoms with Crippen molar-refractivity contribution in [3.63, 3.8) is 0 Å². The summed E-state index contributed by atoms with van der Waals surface area (Å²) in [6, 6.07) is 10.1. The third-order valence-corrected chi connectivity index (χ3v) is 8.26. The molecule has 0 saturated heterocycles. The molecule has 7 nitrogen and oxygen atoms in total. The molecule has 33 heavy (non-hydrogen) atoms. The largest absolute Gasteiger partial charge is 0.486 e. The fraction of sp³-hybridized carbons (Fsp3) is 0.333. The summed E-state index contributed by atoms with van der Waals surface area (Å²) < 4.78 is 33.3. The number of para-hydroxylation sites is 1. The number of nitrogens with zero attached hydrogens (tertiary/aromatic N) is 2. The first kappa shape index (κ1) is 24.9. The molecule has 0 unspecified atom stereocenters. The number of aryl methyl sites for hydroxylation is 2. The molecule has 2 aromatic carbocycles. The Labute approximate surface area is 199 Å². The second kappa shape index (κ2) is 10.5. The maximum Gasteiger partial charge on any atom is 0.259 e. The van der Waals surface area contributed by atoms with Crippen LogP contribution >= 0.6 is 11.3 Å². The molecule has 1 N–H and O–H groups in total. The van der Waals surface area contributed by atoms with Crippen molar-refractivity contribution in [1.82, 2.24) is 9.29 Å². The maximum absolute atomic E-state index is 13.2. The molecule has 3 rings (SSSR count). The minimum atomic E-state index is -3.66. The van der Waals surface area contributed by atoms with Gasteiger partial charge in [-0.05, 0) is 56.2 Å². The molecule has 9 heteroatoms. The zero-order valence-corrected chi connectivity index (χ0v) is 21.1. The Hall–Kier alpha value is -2.75. The number of anilines is 1. The summed E-state index contributed by atoms with van der Waals surface area (Å²) in [5.41, 5.74) is 3.20. The van der Waals surface area contributed by atoms with Crippen molar-refractivity contribution in [3.05, 3.63) is 69.2 Å². The van der Waals surface area contributed by atoms with E-state index < -0.39 is 10.0 Å². The Balaban J connectivity index is 1.88. The van der Waals surface area contributed by atoms with E-state index in [9.17, 15) is 13.2 Å². The van der Waals surface area contributed by atoms with Crippen LogP contribution in [0, 0.1) is 20.8 Å². The lowest BCUT2D eigenvalue weighted by atomic mass is 10.1. The van der Waals surface area contributed by atoms with Gasteiger partial charge in [-0.15, -0.1) is 11.3 Å². The Morgan fingerprint density at radius 1 is 1.12 bits per heavy atom. The van der Waals surface area contributed by atoms with Crippen molar-refractivity contribution in [3.8, 4) is 5.75 Å². The number of hydrogen-bond donors (Lipinski definition) is 1. The van der Waals surface area contributed by atoms with E-state index in [1.165, 1.54) is 10.4 Å². The number of aromatic nitrogens is 1. The van der Waals surface area contributed by atoms with Crippen LogP contribution in [0.25, 0.3) is 0 Å². The molecular formula is C24H29N3O4S2. The van der Waals surface area contributed by atoms with E-state index in [2.05, 4.69) is 10.3 Å². The fourth-order valence-corrected chi connectivity index (χ4v) is 5.58. The number of rotatable bonds is 9. The average molecular weight is 488 g/mol. The van der Waals surface area contributed by atoms with Crippen molar-refractivity contribution in [2.24, 2.45) is 0 Å². The first-order valence-electron chi connectivity index (χ1n) is 10.7. The highest BCUT2D eigenvalue weighted by Crippen LogP contribution is 2.28. The molecule has 0 spiro atoms. The number of amides is 1. The van der Waals surface area contributed by atoms with Crippen molar-refractivity contribution in [2.75, 3.05) is 18.4 Å². The molecule has 0 aliphatic carbocycles. The van der Waals surface area contributed by atoms with Gasteiger partial charge in [0.1, 0.15) is 12.4 Å². The SMILES string of the molecule is CCN(CC)S(=O)(=O)c1cc(C)c(C)c(NC(=O)c2ccccc2OCc2csc(C)n2)c1. The van der Waals surface area contributed by atoms with E-state index in [1.54, 1.807) is 55.5 Å². The second-order valence-corrected chi connectivity index (χ2v) is 10.6. The lowest BCUT2D eigenvalue weighted by molar-refractivity contribution is 0.102. The van der Waals surface area contributed by atoms with E-state index in [1.807, 2.05) is 26.2 Å². The van der Waals surface area contributed by atoms with Gasteiger partial charge in [0, 0.05) is 24.2 Å². The lowest BCUT2D eigenvalue weighted by Gasteiger charge is -2.20. The van der Waals surface area contributed by atoms with Crippen molar-refractivity contribution in [1.29, 1.82) is 0 Å². The maximum atomic E-state index is 13.2. The summed E-state index contributed by atoms with van der Waals surface area (Å²) in [7, 11) is -3.66. The van der Waals surface area contributed by atoms with Gasteiger partial charge in [-0.2, -0.15) is 4.31 Å². The van der Waals surface area contributed by atoms with E-state index in [-0.39, 0.29) is 17.4 Å². The van der Waals surface area contributed by atoms with E-state index in [0.29, 0.717) is 30.1 Å². The summed E-state index contributed by atoms with van der Waals surface area (Å²) >= 11 is 1.54. The zero-order valence-electron chi connectivity index (χ0n) is 19.5. The van der Waals surface area contributed by atoms with Gasteiger partial charge < -0.3 is 10.1 Å². The van der Waals surface area contributed by atoms with Crippen LogP contribution < -0.4 is 10.1 Å². The molecule has 1 heterocycles. The predicted molar refractivity (Wildman–Crippen MR) is 132 cm³/mol. The van der Waals surface area contributed by atoms with E-state index >= 15 is 0 Å². The third kappa shape index (κ3) is 5.61. The second-order valence-electron chi connectivity index (χ2n) is 7.60. The molecule has 0 radical (unpaired) electrons. The number of hydrogen-bond acceptors (Lipinski definition) is 6. The van der Waals surface area contributed by atoms with Crippen molar-refractivity contribution in [2.45, 2.75) is 46.1 Å². The zero-order chi connectivity index (χ0) is 24.2. The number of carbonyl (C=O) groups excluding carboxylic acids is 1. The van der Waals surface area contributed by atoms with E-state index in [4.69, 9.17) is 4.74 Å². The van der Waals surface area contributed by atoms with Crippen LogP contribution in [-0.2, 0) is 16.6 Å². The molecule has 176 valence electrons. The van der Waals surface area contributed by atoms with Gasteiger partial charge in [0.2, 0.25) is 10.0 Å². The molecule has 0 aliphatic rings. The third-order valence-electron chi connectivity index (χ3n) is 5.41. The van der Waals surface area contributed by atoms with Crippen LogP contribution in [0.1, 0.15) is 46.0 Å². The summed E-state index contributed by atoms with van der Waals surface area (Å²) in [5, 5.41) is 5.75. The number of carbonyl (C=O) groups is 1. The molecule has 0 fully saturated rings. The number of nitrogens with one attached hydrogen (secondary N) is 1. The van der Waals surface area contributed by atoms with Gasteiger partial charge in [-0.3, -0.25) is 4.79 Å². The highest BCUT2D eigenvalue weighted by Gasteiger charge is 2.24. The smallest absolute Gasteiger partial charge is 0.259 e. The topological polar surface area (TPSA) is 88.6 Å². The fourth-order valence-electron chi connectivity index (χ4n) is 3.41. The number of ether oxygens (including phenoxy) is 1. The Kier molecular flexibility index (Phi) is 7.88. The van der Waals surface area contributed by atoms with Gasteiger partial charge in [-0.25, -0.2) is 13.4 Å². The molecule has 0 aliphatic heterocycles. The van der Waals surface area contributed by atoms with Gasteiger partial charge in [0.05, 0.1) is 21.2 Å². The summed E-state index contributed by atoms with van der Waals surface area (Å²) in [5.74, 6) is 0.0573. The van der Waals surface area contributed by atoms with Crippen LogP contribution in [0.2, 0.25) is 0 Å². The Morgan fingerprint density at radius 2 is 1.82 bits per heavy atom. The van der Waals surface area contributed by atoms with Crippen molar-refractivity contribution < 1.29 is 17.9 Å². The van der Waals surface area contributed by atoms with Crippen LogP contribution in [-0.4, -0.2) is 36.7 Å². The lowest BCUT2D eigenvalue weighted by Crippen LogP contribution is -2.30. The van der Waals surface area contributed by atoms with Gasteiger partial charge in [0.25, 0.3) is 5.91 Å². The molecule has 0 bridgehead atoms. The van der Waals surface area contributed by atoms with Crippen LogP contribution in [0.15, 0.2) is 46.7 Å². The quantitative estimate of drug-likeness (QED) is 0.462. The van der Waals surface area contributed by atoms with Crippen LogP contribution in [0.5, 0.6) is 5.75 Å². The number of thiazole rings is 1. The molecule has 3 aromatic rings. The van der Waals surface area contributed by atoms with Gasteiger partial charge >= 0.3 is 0 Å². The summed E-state index contributed by atoms with van der Waals surface area (Å²) in [6.45, 7) is 10.2. The first-order valence-corrected chi connectivity index (χ1v) is 13.0. The minimum Gasteiger partial charge on any atom is -0.486 e. The summed E-state index contributed by atoms with van der Waals surface area (Å²) in [4.78, 5) is 17.7. The van der Waals surface area contributed by atoms with Crippen LogP contribution in [0.3, 0.4) is 0 Å². The predicted octanol–water partition coefficient (Wildman–Crippen LogP) is 4.93. The first-order chi connectivity index (χ1) is 15.7. The Bertz CT molecular complexity index is 1250. The molecule has 0 saturated carbocycles.